The Morgan fingerprint density at radius 2 is 1.74 bits per heavy atom. The van der Waals surface area contributed by atoms with Crippen molar-refractivity contribution in [1.82, 2.24) is 5.32 Å². The Bertz CT molecular complexity index is 916. The van der Waals surface area contributed by atoms with Crippen molar-refractivity contribution in [3.63, 3.8) is 0 Å². The highest BCUT2D eigenvalue weighted by molar-refractivity contribution is 6.37. The van der Waals surface area contributed by atoms with Crippen LogP contribution in [0.2, 0.25) is 0 Å². The third-order valence-corrected chi connectivity index (χ3v) is 4.52. The first-order valence-electron chi connectivity index (χ1n) is 8.92. The molecule has 4 rings (SSSR count). The SMILES string of the molecule is CC.COc1ccc2c(c1)N(C1=C(c3ccc(O)cc3)C(=O)NC1=O)CC2. The summed E-state index contributed by atoms with van der Waals surface area (Å²) < 4.78 is 5.29. The van der Waals surface area contributed by atoms with E-state index in [-0.39, 0.29) is 5.75 Å². The Labute approximate surface area is 158 Å². The number of hydrogen-bond donors (Lipinski definition) is 2. The second-order valence-corrected chi connectivity index (χ2v) is 5.95. The molecule has 6 nitrogen and oxygen atoms in total. The Morgan fingerprint density at radius 1 is 1.04 bits per heavy atom. The summed E-state index contributed by atoms with van der Waals surface area (Å²) in [6.45, 7) is 4.61. The lowest BCUT2D eigenvalue weighted by atomic mass is 10.0. The molecule has 2 heterocycles. The van der Waals surface area contributed by atoms with Crippen LogP contribution in [0.15, 0.2) is 48.2 Å². The Morgan fingerprint density at radius 3 is 2.41 bits per heavy atom. The molecule has 0 spiro atoms. The summed E-state index contributed by atoms with van der Waals surface area (Å²) in [7, 11) is 1.59. The number of ether oxygens (including phenoxy) is 1. The molecule has 2 N–H and O–H groups in total. The number of phenols is 1. The van der Waals surface area contributed by atoms with Crippen LogP contribution in [-0.2, 0) is 16.0 Å². The van der Waals surface area contributed by atoms with E-state index in [1.807, 2.05) is 36.9 Å². The molecule has 2 aromatic carbocycles. The highest BCUT2D eigenvalue weighted by atomic mass is 16.5. The van der Waals surface area contributed by atoms with Gasteiger partial charge in [0.05, 0.1) is 12.7 Å². The fourth-order valence-electron chi connectivity index (χ4n) is 3.32. The van der Waals surface area contributed by atoms with E-state index >= 15 is 0 Å². The van der Waals surface area contributed by atoms with Crippen LogP contribution in [0, 0.1) is 0 Å². The standard InChI is InChI=1S/C19H16N2O4.C2H6/c1-25-14-7-4-11-8-9-21(15(11)10-14)17-16(18(23)20-19(17)24)12-2-5-13(22)6-3-12;1-2/h2-7,10,22H,8-9H2,1H3,(H,20,23,24);1-2H3. The summed E-state index contributed by atoms with van der Waals surface area (Å²) in [6.07, 6.45) is 0.785. The minimum absolute atomic E-state index is 0.104. The van der Waals surface area contributed by atoms with E-state index < -0.39 is 11.8 Å². The van der Waals surface area contributed by atoms with Crippen LogP contribution in [0.3, 0.4) is 0 Å². The van der Waals surface area contributed by atoms with Crippen molar-refractivity contribution in [1.29, 1.82) is 0 Å². The van der Waals surface area contributed by atoms with Gasteiger partial charge in [-0.1, -0.05) is 32.0 Å². The summed E-state index contributed by atoms with van der Waals surface area (Å²) in [4.78, 5) is 26.7. The minimum atomic E-state index is -0.429. The summed E-state index contributed by atoms with van der Waals surface area (Å²) in [5.74, 6) is -0.0418. The number of aromatic hydroxyl groups is 1. The lowest BCUT2D eigenvalue weighted by molar-refractivity contribution is -0.123. The predicted molar refractivity (Wildman–Crippen MR) is 104 cm³/mol. The van der Waals surface area contributed by atoms with Crippen molar-refractivity contribution in [3.8, 4) is 11.5 Å². The molecule has 2 amide bonds. The molecule has 140 valence electrons. The third-order valence-electron chi connectivity index (χ3n) is 4.52. The number of carbonyl (C=O) groups is 2. The highest BCUT2D eigenvalue weighted by Gasteiger charge is 2.37. The quantitative estimate of drug-likeness (QED) is 0.817. The van der Waals surface area contributed by atoms with Crippen LogP contribution in [0.1, 0.15) is 25.0 Å². The fraction of sp³-hybridized carbons (Fsp3) is 0.238. The molecule has 0 saturated carbocycles. The normalized spacial score (nSPS) is 15.3. The number of anilines is 1. The van der Waals surface area contributed by atoms with Gasteiger partial charge in [-0.25, -0.2) is 0 Å². The van der Waals surface area contributed by atoms with E-state index in [0.717, 1.165) is 17.7 Å². The number of nitrogens with zero attached hydrogens (tertiary/aromatic N) is 1. The molecule has 6 heteroatoms. The molecule has 0 bridgehead atoms. The van der Waals surface area contributed by atoms with Gasteiger partial charge >= 0.3 is 0 Å². The summed E-state index contributed by atoms with van der Waals surface area (Å²) in [6, 6.07) is 12.0. The highest BCUT2D eigenvalue weighted by Crippen LogP contribution is 2.38. The molecule has 0 aliphatic carbocycles. The maximum absolute atomic E-state index is 12.5. The molecule has 0 unspecified atom stereocenters. The van der Waals surface area contributed by atoms with Crippen molar-refractivity contribution in [3.05, 3.63) is 59.3 Å². The van der Waals surface area contributed by atoms with Gasteiger partial charge in [0.15, 0.2) is 0 Å². The van der Waals surface area contributed by atoms with Gasteiger partial charge in [-0.05, 0) is 35.7 Å². The van der Waals surface area contributed by atoms with Crippen LogP contribution in [0.5, 0.6) is 11.5 Å². The molecular weight excluding hydrogens is 344 g/mol. The number of fused-ring (bicyclic) bond motifs is 1. The minimum Gasteiger partial charge on any atom is -0.508 e. The maximum atomic E-state index is 12.5. The molecule has 0 saturated heterocycles. The first kappa shape index (κ1) is 18.5. The van der Waals surface area contributed by atoms with Crippen LogP contribution in [0.4, 0.5) is 5.69 Å². The average Bonchev–Trinajstić information content (AvgIpc) is 3.23. The number of phenolic OH excluding ortho intramolecular Hbond substituents is 1. The van der Waals surface area contributed by atoms with Gasteiger partial charge in [-0.3, -0.25) is 14.9 Å². The Kier molecular flexibility index (Phi) is 5.16. The summed E-state index contributed by atoms with van der Waals surface area (Å²) in [5.41, 5.74) is 3.22. The van der Waals surface area contributed by atoms with Crippen molar-refractivity contribution in [2.75, 3.05) is 18.6 Å². The fourth-order valence-corrected chi connectivity index (χ4v) is 3.32. The number of hydrogen-bond acceptors (Lipinski definition) is 5. The summed E-state index contributed by atoms with van der Waals surface area (Å²) >= 11 is 0. The van der Waals surface area contributed by atoms with Crippen LogP contribution < -0.4 is 15.0 Å². The first-order chi connectivity index (χ1) is 13.1. The third kappa shape index (κ3) is 3.26. The van der Waals surface area contributed by atoms with Crippen LogP contribution in [0.25, 0.3) is 5.57 Å². The molecule has 0 aromatic heterocycles. The number of carbonyl (C=O) groups excluding carboxylic acids is 2. The van der Waals surface area contributed by atoms with Gasteiger partial charge in [0.1, 0.15) is 17.2 Å². The molecule has 27 heavy (non-hydrogen) atoms. The maximum Gasteiger partial charge on any atom is 0.275 e. The van der Waals surface area contributed by atoms with Crippen LogP contribution in [-0.4, -0.2) is 30.6 Å². The Hall–Kier alpha value is -3.28. The molecular formula is C21H22N2O4. The zero-order chi connectivity index (χ0) is 19.6. The zero-order valence-corrected chi connectivity index (χ0v) is 15.6. The second kappa shape index (κ2) is 7.53. The predicted octanol–water partition coefficient (Wildman–Crippen LogP) is 2.86. The van der Waals surface area contributed by atoms with Gasteiger partial charge in [0.2, 0.25) is 0 Å². The number of amides is 2. The average molecular weight is 366 g/mol. The number of imide groups is 1. The monoisotopic (exact) mass is 366 g/mol. The van der Waals surface area contributed by atoms with E-state index in [1.165, 1.54) is 12.1 Å². The van der Waals surface area contributed by atoms with Gasteiger partial charge in [0.25, 0.3) is 11.8 Å². The lowest BCUT2D eigenvalue weighted by Crippen LogP contribution is -2.29. The number of benzene rings is 2. The first-order valence-corrected chi connectivity index (χ1v) is 8.92. The largest absolute Gasteiger partial charge is 0.508 e. The van der Waals surface area contributed by atoms with Gasteiger partial charge in [0, 0.05) is 18.3 Å². The molecule has 0 radical (unpaired) electrons. The van der Waals surface area contributed by atoms with E-state index in [1.54, 1.807) is 19.2 Å². The number of nitrogens with one attached hydrogen (secondary N) is 1. The van der Waals surface area contributed by atoms with Crippen molar-refractivity contribution in [2.45, 2.75) is 20.3 Å². The van der Waals surface area contributed by atoms with Crippen molar-refractivity contribution < 1.29 is 19.4 Å². The molecule has 2 aromatic rings. The van der Waals surface area contributed by atoms with E-state index in [0.29, 0.717) is 29.1 Å². The zero-order valence-electron chi connectivity index (χ0n) is 15.6. The molecule has 0 atom stereocenters. The smallest absolute Gasteiger partial charge is 0.275 e. The topological polar surface area (TPSA) is 78.9 Å². The van der Waals surface area contributed by atoms with Crippen molar-refractivity contribution >= 4 is 23.1 Å². The van der Waals surface area contributed by atoms with Crippen LogP contribution >= 0.6 is 0 Å². The lowest BCUT2D eigenvalue weighted by Gasteiger charge is -2.21. The number of rotatable bonds is 3. The van der Waals surface area contributed by atoms with E-state index in [4.69, 9.17) is 4.74 Å². The number of methoxy groups -OCH3 is 1. The van der Waals surface area contributed by atoms with Crippen molar-refractivity contribution in [2.24, 2.45) is 0 Å². The summed E-state index contributed by atoms with van der Waals surface area (Å²) in [5, 5.41) is 11.9. The van der Waals surface area contributed by atoms with E-state index in [9.17, 15) is 14.7 Å². The van der Waals surface area contributed by atoms with Gasteiger partial charge in [-0.15, -0.1) is 0 Å². The molecule has 2 aliphatic heterocycles. The second-order valence-electron chi connectivity index (χ2n) is 5.95. The molecule has 2 aliphatic rings. The van der Waals surface area contributed by atoms with Gasteiger partial charge in [-0.2, -0.15) is 0 Å². The molecule has 0 fully saturated rings. The van der Waals surface area contributed by atoms with E-state index in [2.05, 4.69) is 5.32 Å². The Balaban J connectivity index is 0.00000102. The van der Waals surface area contributed by atoms with Gasteiger partial charge < -0.3 is 14.7 Å².